The Morgan fingerprint density at radius 2 is 1.46 bits per heavy atom. The molecule has 0 saturated carbocycles. The van der Waals surface area contributed by atoms with E-state index in [1.165, 1.54) is 6.92 Å². The standard InChI is InChI=1S/C62H90N13O14P.CHN/c1-29-20-39-40(21-30(29)2)75(28-70-39)57-52(84)53(41(27-76)87-57)89-90(85,86)88-31(3)26-69-49(83)18-19-59(8)37(22-46(66)80)56-62(11)61(10,25-48(68)82)36(14-17-45(65)79)51(74-62)33(5)55-60(9,24-47(67)81)34(12-15-43(63)77)38(71-55)23-42-58(6,7)35(13-16-44(64)78)50(72-42)32(4)54(59)73-56;1-2/h20-21,23,28,31,34-37,41,52-53,56-57,76,84H,12-19,22,24-27H2,1-11H3,(H15,63,64,65,66,67,68,69,71,72,73,74,77,78,79,80,81,82,83,85,86);1H/p-2/t31-,34-,35-,36-,37+,41-,52-,53-,56-,57+,59-,60+,61+,62+;/m1./s1. The van der Waals surface area contributed by atoms with Gasteiger partial charge in [-0.1, -0.05) is 34.6 Å². The lowest BCUT2D eigenvalue weighted by molar-refractivity contribution is -0.743. The van der Waals surface area contributed by atoms with E-state index in [2.05, 4.69) is 22.2 Å². The molecule has 2 saturated heterocycles. The number of phosphoric acid groups is 1. The largest absolute Gasteiger partial charge is 0.862 e. The molecule has 1 aromatic heterocycles. The molecular weight excluding hydrogens is 1210 g/mol. The Hall–Kier alpha value is -7.51. The van der Waals surface area contributed by atoms with Crippen LogP contribution in [0.5, 0.6) is 0 Å². The van der Waals surface area contributed by atoms with Crippen LogP contribution in [0.2, 0.25) is 0 Å². The Balaban J connectivity index is 0.00000594. The number of aryl methyl sites for hydroxylation is 2. The number of hydrogen-bond acceptors (Lipinski definition) is 21. The molecule has 92 heavy (non-hydrogen) atoms. The fraction of sp³-hybridized carbons (Fsp3) is 0.619. The minimum atomic E-state index is -5.07. The van der Waals surface area contributed by atoms with Gasteiger partial charge in [-0.15, -0.1) is 0 Å². The van der Waals surface area contributed by atoms with Crippen LogP contribution in [-0.2, 0) is 37.5 Å². The molecule has 1 unspecified atom stereocenters. The summed E-state index contributed by atoms with van der Waals surface area (Å²) in [5.74, 6) is -8.24. The third kappa shape index (κ3) is 13.8. The molecule has 0 spiro atoms. The molecule has 2 aromatic rings. The van der Waals surface area contributed by atoms with Crippen molar-refractivity contribution in [1.29, 1.82) is 21.5 Å². The number of aromatic amines is 1. The number of nitrogens with zero attached hydrogens (tertiary/aromatic N) is 5. The van der Waals surface area contributed by atoms with Crippen molar-refractivity contribution in [2.24, 2.45) is 77.5 Å². The quantitative estimate of drug-likeness (QED) is 0.0278. The molecular formula is C63H89N14O14P-2. The normalized spacial score (nSPS) is 31.4. The zero-order valence-electron chi connectivity index (χ0n) is 54.1. The number of aliphatic hydroxyl groups is 2. The predicted molar refractivity (Wildman–Crippen MR) is 335 cm³/mol. The molecule has 8 rings (SSSR count). The third-order valence-electron chi connectivity index (χ3n) is 20.6. The number of nitriles is 1. The van der Waals surface area contributed by atoms with Crippen molar-refractivity contribution in [3.05, 3.63) is 63.9 Å². The minimum absolute atomic E-state index is 0.00601. The lowest BCUT2D eigenvalue weighted by Gasteiger charge is -2.48. The maximum Gasteiger partial charge on any atom is 0.472 e. The van der Waals surface area contributed by atoms with Gasteiger partial charge in [0.1, 0.15) is 18.3 Å². The summed E-state index contributed by atoms with van der Waals surface area (Å²) >= 11 is 0. The van der Waals surface area contributed by atoms with Crippen molar-refractivity contribution in [1.82, 2.24) is 15.6 Å². The Kier molecular flexibility index (Phi) is 21.3. The number of allylic oxidation sites excluding steroid dienone is 6. The Morgan fingerprint density at radius 3 is 2.03 bits per heavy atom. The second-order valence-electron chi connectivity index (χ2n) is 27.0. The van der Waals surface area contributed by atoms with Crippen LogP contribution in [0.3, 0.4) is 0 Å². The van der Waals surface area contributed by atoms with Crippen LogP contribution in [0.4, 0.5) is 0 Å². The number of imidazole rings is 1. The molecule has 15 atom stereocenters. The first-order valence-corrected chi connectivity index (χ1v) is 32.3. The van der Waals surface area contributed by atoms with Crippen LogP contribution in [0.25, 0.3) is 11.0 Å². The highest BCUT2D eigenvalue weighted by Gasteiger charge is 2.66. The number of hydrogen-bond donors (Lipinski definition) is 12. The smallest absolute Gasteiger partial charge is 0.472 e. The van der Waals surface area contributed by atoms with Gasteiger partial charge < -0.3 is 79.2 Å². The van der Waals surface area contributed by atoms with Crippen LogP contribution < -0.4 is 47.7 Å². The van der Waals surface area contributed by atoms with Gasteiger partial charge >= 0.3 is 7.82 Å². The number of nitrogens with one attached hydrogen (secondary N) is 6. The number of amides is 4. The van der Waals surface area contributed by atoms with Crippen molar-refractivity contribution in [3.63, 3.8) is 0 Å². The zero-order valence-corrected chi connectivity index (χ0v) is 55.0. The number of aliphatic hydroxyl groups excluding tert-OH is 2. The predicted octanol–water partition coefficient (Wildman–Crippen LogP) is 2.28. The van der Waals surface area contributed by atoms with Gasteiger partial charge in [0, 0.05) is 118 Å². The van der Waals surface area contributed by atoms with E-state index in [0.29, 0.717) is 50.9 Å². The lowest BCUT2D eigenvalue weighted by Crippen LogP contribution is -2.56. The van der Waals surface area contributed by atoms with Gasteiger partial charge in [-0.25, -0.2) is 14.8 Å². The van der Waals surface area contributed by atoms with Crippen molar-refractivity contribution < 1.29 is 72.5 Å². The number of carbonyl (C=O) groups excluding carboxylic acids is 4. The molecule has 1 aromatic carbocycles. The first-order valence-electron chi connectivity index (χ1n) is 30.8. The van der Waals surface area contributed by atoms with E-state index in [-0.39, 0.29) is 77.2 Å². The van der Waals surface area contributed by atoms with E-state index in [9.17, 15) is 54.2 Å². The molecule has 15 N–H and O–H groups in total. The number of aromatic nitrogens is 2. The summed E-state index contributed by atoms with van der Waals surface area (Å²) in [5, 5.41) is 96.7. The van der Waals surface area contributed by atoms with Crippen LogP contribution in [0.1, 0.15) is 150 Å². The molecule has 6 aliphatic rings. The lowest BCUT2D eigenvalue weighted by atomic mass is 9.55. The molecule has 0 aliphatic carbocycles. The molecule has 7 heterocycles. The Morgan fingerprint density at radius 1 is 0.870 bits per heavy atom. The topological polar surface area (TPSA) is 497 Å². The highest BCUT2D eigenvalue weighted by molar-refractivity contribution is 7.47. The number of H-pyrrole nitrogens is 1. The first kappa shape index (κ1) is 71.9. The van der Waals surface area contributed by atoms with E-state index in [1.54, 1.807) is 38.6 Å². The number of primary amides is 3. The Bertz CT molecular complexity index is 3590. The molecule has 28 nitrogen and oxygen atoms in total. The van der Waals surface area contributed by atoms with Crippen molar-refractivity contribution in [2.75, 3.05) is 13.2 Å². The third-order valence-corrected chi connectivity index (χ3v) is 21.7. The molecule has 0 radical (unpaired) electrons. The summed E-state index contributed by atoms with van der Waals surface area (Å²) in [6, 6.07) is 2.74. The maximum absolute atomic E-state index is 14.4. The highest BCUT2D eigenvalue weighted by Crippen LogP contribution is 2.62. The molecule has 6 aliphatic heterocycles. The number of rotatable bonds is 26. The summed E-state index contributed by atoms with van der Waals surface area (Å²) in [4.78, 5) is 86.0. The van der Waals surface area contributed by atoms with Gasteiger partial charge in [0.25, 0.3) is 0 Å². The maximum atomic E-state index is 14.4. The number of ether oxygens (including phenoxy) is 1. The summed E-state index contributed by atoms with van der Waals surface area (Å²) in [5.41, 5.74) is 19.4. The molecule has 502 valence electrons. The van der Waals surface area contributed by atoms with Crippen molar-refractivity contribution in [3.8, 4) is 6.57 Å². The van der Waals surface area contributed by atoms with E-state index in [0.717, 1.165) is 16.6 Å². The SMILES string of the molecule is C#N.CC1=C2N=C(C=C3NC(=C(C)C4=N[C@@](C)([C@@H]5N=C1[C@](C)(CCC(=O)NC[C@@H](C)OP(=O)(O)O[C@H]1[C@@H](O)[C@@H]([n+]6c[nH]c7cc(C)c(C)cc76)O[C@@H]1CO)[C@H]5CC(N)=O)[C@@](C)(CC(N)=O)[C@@H]4CCC(=N)[O-])[C@@](C)(CC(N)=O)[C@@H]3CCC(=N)[O-])C(C)(C)[C@@H]2CCC(=N)[O-]. The first-order chi connectivity index (χ1) is 42.8. The van der Waals surface area contributed by atoms with Gasteiger partial charge in [-0.05, 0) is 145 Å². The number of carbonyl (C=O) groups is 4. The van der Waals surface area contributed by atoms with Gasteiger partial charge in [-0.2, -0.15) is 4.57 Å². The number of benzene rings is 1. The Labute approximate surface area is 535 Å². The number of nitrogens with two attached hydrogens (primary N) is 3. The second-order valence-corrected chi connectivity index (χ2v) is 28.4. The average molecular weight is 1300 g/mol. The molecule has 4 amide bonds. The van der Waals surface area contributed by atoms with Crippen LogP contribution in [0.15, 0.2) is 67.8 Å². The average Bonchev–Trinajstić information content (AvgIpc) is 1.53. The van der Waals surface area contributed by atoms with E-state index in [4.69, 9.17) is 67.5 Å². The number of fused-ring (bicyclic) bond motifs is 7. The van der Waals surface area contributed by atoms with E-state index >= 15 is 0 Å². The minimum Gasteiger partial charge on any atom is -0.862 e. The van der Waals surface area contributed by atoms with Crippen molar-refractivity contribution >= 4 is 77.3 Å². The van der Waals surface area contributed by atoms with E-state index in [1.807, 2.05) is 59.8 Å². The fourth-order valence-electron chi connectivity index (χ4n) is 15.5. The van der Waals surface area contributed by atoms with E-state index < -0.39 is 143 Å². The summed E-state index contributed by atoms with van der Waals surface area (Å²) in [7, 11) is -5.07. The second kappa shape index (κ2) is 27.2. The monoisotopic (exact) mass is 1300 g/mol. The van der Waals surface area contributed by atoms with Crippen LogP contribution >= 0.6 is 7.82 Å². The van der Waals surface area contributed by atoms with Gasteiger partial charge in [0.05, 0.1) is 24.3 Å². The molecule has 8 bridgehead atoms. The fourth-order valence-corrected chi connectivity index (χ4v) is 16.6. The number of aliphatic imine (C=N–C) groups is 3. The summed E-state index contributed by atoms with van der Waals surface area (Å²) in [6.45, 7) is 22.5. The summed E-state index contributed by atoms with van der Waals surface area (Å²) < 4.78 is 32.3. The van der Waals surface area contributed by atoms with Crippen LogP contribution in [-0.4, -0.2) is 128 Å². The summed E-state index contributed by atoms with van der Waals surface area (Å²) in [6.07, 6.45) is -4.86. The van der Waals surface area contributed by atoms with Gasteiger partial charge in [-0.3, -0.25) is 43.2 Å². The van der Waals surface area contributed by atoms with Gasteiger partial charge in [0.2, 0.25) is 36.2 Å². The van der Waals surface area contributed by atoms with Gasteiger partial charge in [0.15, 0.2) is 11.0 Å². The molecule has 29 heteroatoms. The highest BCUT2D eigenvalue weighted by atomic mass is 31.2. The number of phosphoric ester groups is 1. The molecule has 2 fully saturated rings. The van der Waals surface area contributed by atoms with Crippen molar-refractivity contribution in [2.45, 2.75) is 189 Å². The zero-order chi connectivity index (χ0) is 68.7. The van der Waals surface area contributed by atoms with Crippen LogP contribution in [0, 0.1) is 87.2 Å².